The molecule has 0 unspecified atom stereocenters. The second-order valence-electron chi connectivity index (χ2n) is 5.67. The normalized spacial score (nSPS) is 10.9. The molecule has 9 heteroatoms. The Hall–Kier alpha value is -3.00. The quantitative estimate of drug-likeness (QED) is 0.699. The molecule has 1 amide bonds. The van der Waals surface area contributed by atoms with Crippen molar-refractivity contribution < 1.29 is 18.3 Å². The van der Waals surface area contributed by atoms with E-state index in [0.717, 1.165) is 5.56 Å². The van der Waals surface area contributed by atoms with Crippen LogP contribution in [0.15, 0.2) is 42.5 Å². The Labute approximate surface area is 158 Å². The largest absolute Gasteiger partial charge is 0.435 e. The highest BCUT2D eigenvalue weighted by Gasteiger charge is 2.18. The maximum atomic E-state index is 12.5. The number of benzene rings is 2. The maximum Gasteiger partial charge on any atom is 0.387 e. The Balaban J connectivity index is 1.82. The summed E-state index contributed by atoms with van der Waals surface area (Å²) in [4.78, 5) is 12.5. The van der Waals surface area contributed by atoms with Crippen molar-refractivity contribution in [1.29, 1.82) is 0 Å². The van der Waals surface area contributed by atoms with Crippen LogP contribution in [0.3, 0.4) is 0 Å². The molecule has 0 spiro atoms. The zero-order chi connectivity index (χ0) is 19.6. The summed E-state index contributed by atoms with van der Waals surface area (Å²) in [7, 11) is 0. The number of halogens is 3. The fraction of sp³-hybridized carbons (Fsp3) is 0.167. The molecule has 0 atom stereocenters. The van der Waals surface area contributed by atoms with E-state index < -0.39 is 12.5 Å². The van der Waals surface area contributed by atoms with E-state index in [1.807, 2.05) is 0 Å². The van der Waals surface area contributed by atoms with Crippen LogP contribution in [0.5, 0.6) is 5.75 Å². The summed E-state index contributed by atoms with van der Waals surface area (Å²) < 4.78 is 30.2. The predicted molar refractivity (Wildman–Crippen MR) is 96.9 cm³/mol. The van der Waals surface area contributed by atoms with E-state index in [0.29, 0.717) is 22.1 Å². The molecule has 0 fully saturated rings. The molecular formula is C18H15ClF2N4O2. The lowest BCUT2D eigenvalue weighted by atomic mass is 10.2. The van der Waals surface area contributed by atoms with Gasteiger partial charge in [-0.05, 0) is 55.8 Å². The van der Waals surface area contributed by atoms with Gasteiger partial charge in [0.15, 0.2) is 5.69 Å². The first-order chi connectivity index (χ1) is 12.9. The lowest BCUT2D eigenvalue weighted by Gasteiger charge is -2.09. The molecule has 0 aliphatic rings. The van der Waals surface area contributed by atoms with Crippen LogP contribution in [0.4, 0.5) is 14.5 Å². The van der Waals surface area contributed by atoms with E-state index in [2.05, 4.69) is 20.4 Å². The Morgan fingerprint density at radius 1 is 1.19 bits per heavy atom. The molecule has 3 aromatic rings. The Kier molecular flexibility index (Phi) is 5.36. The Morgan fingerprint density at radius 2 is 1.89 bits per heavy atom. The molecule has 1 aromatic heterocycles. The van der Waals surface area contributed by atoms with Gasteiger partial charge in [0.1, 0.15) is 5.75 Å². The highest BCUT2D eigenvalue weighted by atomic mass is 35.5. The number of carbonyl (C=O) groups is 1. The van der Waals surface area contributed by atoms with Gasteiger partial charge in [0, 0.05) is 10.7 Å². The van der Waals surface area contributed by atoms with Crippen LogP contribution in [0.2, 0.25) is 5.02 Å². The number of aromatic nitrogens is 3. The van der Waals surface area contributed by atoms with E-state index in [-0.39, 0.29) is 11.4 Å². The number of hydrogen-bond donors (Lipinski definition) is 1. The van der Waals surface area contributed by atoms with Crippen molar-refractivity contribution in [3.8, 4) is 11.4 Å². The second-order valence-corrected chi connectivity index (χ2v) is 6.08. The number of anilines is 1. The van der Waals surface area contributed by atoms with Gasteiger partial charge in [-0.3, -0.25) is 4.79 Å². The highest BCUT2D eigenvalue weighted by Crippen LogP contribution is 2.24. The summed E-state index contributed by atoms with van der Waals surface area (Å²) in [5, 5.41) is 11.2. The van der Waals surface area contributed by atoms with Crippen LogP contribution in [-0.2, 0) is 0 Å². The molecule has 0 bridgehead atoms. The first-order valence-electron chi connectivity index (χ1n) is 7.91. The van der Waals surface area contributed by atoms with Crippen LogP contribution in [-0.4, -0.2) is 27.5 Å². The van der Waals surface area contributed by atoms with Gasteiger partial charge in [0.05, 0.1) is 11.4 Å². The van der Waals surface area contributed by atoms with Crippen molar-refractivity contribution in [2.75, 3.05) is 5.32 Å². The van der Waals surface area contributed by atoms with E-state index >= 15 is 0 Å². The SMILES string of the molecule is Cc1c(Cl)cccc1NC(=O)c1nnn(-c2ccc(OC(F)F)cc2)c1C. The average Bonchev–Trinajstić information content (AvgIpc) is 3.01. The average molecular weight is 393 g/mol. The number of hydrogen-bond acceptors (Lipinski definition) is 4. The number of ether oxygens (including phenoxy) is 1. The molecule has 3 rings (SSSR count). The summed E-state index contributed by atoms with van der Waals surface area (Å²) in [6, 6.07) is 11.1. The minimum absolute atomic E-state index is 0.0286. The minimum atomic E-state index is -2.89. The van der Waals surface area contributed by atoms with Gasteiger partial charge in [-0.1, -0.05) is 22.9 Å². The number of nitrogens with one attached hydrogen (secondary N) is 1. The molecule has 140 valence electrons. The minimum Gasteiger partial charge on any atom is -0.435 e. The zero-order valence-electron chi connectivity index (χ0n) is 14.4. The molecule has 0 aliphatic heterocycles. The molecule has 0 saturated heterocycles. The molecule has 1 heterocycles. The Morgan fingerprint density at radius 3 is 2.56 bits per heavy atom. The molecule has 0 aliphatic carbocycles. The summed E-state index contributed by atoms with van der Waals surface area (Å²) in [6.07, 6.45) is 0. The van der Waals surface area contributed by atoms with Crippen molar-refractivity contribution in [3.05, 3.63) is 64.4 Å². The van der Waals surface area contributed by atoms with Gasteiger partial charge in [-0.2, -0.15) is 8.78 Å². The number of nitrogens with zero attached hydrogens (tertiary/aromatic N) is 3. The number of carbonyl (C=O) groups excluding carboxylic acids is 1. The molecule has 6 nitrogen and oxygen atoms in total. The molecule has 2 aromatic carbocycles. The van der Waals surface area contributed by atoms with Gasteiger partial charge in [0.2, 0.25) is 0 Å². The maximum absolute atomic E-state index is 12.5. The zero-order valence-corrected chi connectivity index (χ0v) is 15.2. The number of amides is 1. The summed E-state index contributed by atoms with van der Waals surface area (Å²) in [5.41, 5.74) is 2.51. The highest BCUT2D eigenvalue weighted by molar-refractivity contribution is 6.31. The van der Waals surface area contributed by atoms with Crippen LogP contribution < -0.4 is 10.1 Å². The first kappa shape index (κ1) is 18.8. The fourth-order valence-corrected chi connectivity index (χ4v) is 2.65. The topological polar surface area (TPSA) is 69.0 Å². The van der Waals surface area contributed by atoms with Gasteiger partial charge >= 0.3 is 6.61 Å². The third-order valence-corrected chi connectivity index (χ3v) is 4.34. The van der Waals surface area contributed by atoms with Gasteiger partial charge in [-0.15, -0.1) is 5.10 Å². The van der Waals surface area contributed by atoms with Gasteiger partial charge in [0.25, 0.3) is 5.91 Å². The lowest BCUT2D eigenvalue weighted by Crippen LogP contribution is -2.15. The van der Waals surface area contributed by atoms with Crippen LogP contribution in [0, 0.1) is 13.8 Å². The van der Waals surface area contributed by atoms with Crippen molar-refractivity contribution in [2.45, 2.75) is 20.5 Å². The number of rotatable bonds is 5. The van der Waals surface area contributed by atoms with E-state index in [9.17, 15) is 13.6 Å². The van der Waals surface area contributed by atoms with Crippen LogP contribution >= 0.6 is 11.6 Å². The van der Waals surface area contributed by atoms with Crippen molar-refractivity contribution >= 4 is 23.2 Å². The van der Waals surface area contributed by atoms with Gasteiger partial charge in [-0.25, -0.2) is 4.68 Å². The van der Waals surface area contributed by atoms with Crippen LogP contribution in [0.25, 0.3) is 5.69 Å². The predicted octanol–water partition coefficient (Wildman–Crippen LogP) is 4.39. The second kappa shape index (κ2) is 7.71. The van der Waals surface area contributed by atoms with Crippen molar-refractivity contribution in [3.63, 3.8) is 0 Å². The smallest absolute Gasteiger partial charge is 0.387 e. The van der Waals surface area contributed by atoms with E-state index in [4.69, 9.17) is 11.6 Å². The van der Waals surface area contributed by atoms with E-state index in [1.54, 1.807) is 44.2 Å². The third kappa shape index (κ3) is 4.06. The van der Waals surface area contributed by atoms with Crippen molar-refractivity contribution in [2.24, 2.45) is 0 Å². The van der Waals surface area contributed by atoms with Gasteiger partial charge < -0.3 is 10.1 Å². The lowest BCUT2D eigenvalue weighted by molar-refractivity contribution is -0.0498. The van der Waals surface area contributed by atoms with Crippen molar-refractivity contribution in [1.82, 2.24) is 15.0 Å². The molecule has 1 N–H and O–H groups in total. The number of alkyl halides is 2. The summed E-state index contributed by atoms with van der Waals surface area (Å²) in [5.74, 6) is -0.400. The Bertz CT molecular complexity index is 974. The molecule has 0 radical (unpaired) electrons. The monoisotopic (exact) mass is 392 g/mol. The summed E-state index contributed by atoms with van der Waals surface area (Å²) in [6.45, 7) is 0.586. The third-order valence-electron chi connectivity index (χ3n) is 3.93. The van der Waals surface area contributed by atoms with E-state index in [1.165, 1.54) is 16.8 Å². The summed E-state index contributed by atoms with van der Waals surface area (Å²) >= 11 is 6.06. The molecule has 0 saturated carbocycles. The standard InChI is InChI=1S/C18H15ClF2N4O2/c1-10-14(19)4-3-5-15(10)22-17(26)16-11(2)25(24-23-16)12-6-8-13(9-7-12)27-18(20)21/h3-9,18H,1-2H3,(H,22,26). The van der Waals surface area contributed by atoms with Crippen LogP contribution in [0.1, 0.15) is 21.7 Å². The fourth-order valence-electron chi connectivity index (χ4n) is 2.48. The molecular weight excluding hydrogens is 378 g/mol. The molecule has 27 heavy (non-hydrogen) atoms. The first-order valence-corrected chi connectivity index (χ1v) is 8.28.